The first kappa shape index (κ1) is 20.5. The summed E-state index contributed by atoms with van der Waals surface area (Å²) in [6.07, 6.45) is 0. The Morgan fingerprint density at radius 2 is 2.10 bits per heavy atom. The zero-order valence-corrected chi connectivity index (χ0v) is 16.1. The Morgan fingerprint density at radius 3 is 2.72 bits per heavy atom. The molecule has 8 nitrogen and oxygen atoms in total. The molecule has 3 rings (SSSR count). The molecule has 0 saturated carbocycles. The maximum Gasteiger partial charge on any atom is 0.322 e. The van der Waals surface area contributed by atoms with E-state index in [0.29, 0.717) is 17.5 Å². The summed E-state index contributed by atoms with van der Waals surface area (Å²) in [6, 6.07) is 2.84. The van der Waals surface area contributed by atoms with E-state index >= 15 is 0 Å². The Hall–Kier alpha value is -3.27. The van der Waals surface area contributed by atoms with Crippen LogP contribution in [0.2, 0.25) is 0 Å². The van der Waals surface area contributed by atoms with Gasteiger partial charge in [-0.25, -0.2) is 13.6 Å². The van der Waals surface area contributed by atoms with Gasteiger partial charge in [-0.2, -0.15) is 0 Å². The third-order valence-electron chi connectivity index (χ3n) is 4.50. The Morgan fingerprint density at radius 1 is 1.34 bits per heavy atom. The van der Waals surface area contributed by atoms with Gasteiger partial charge in [0.15, 0.2) is 5.82 Å². The van der Waals surface area contributed by atoms with E-state index in [1.54, 1.807) is 13.8 Å². The number of anilines is 1. The molecule has 0 fully saturated rings. The number of amides is 3. The predicted octanol–water partition coefficient (Wildman–Crippen LogP) is 2.89. The molecule has 1 aliphatic rings. The number of halogens is 2. The topological polar surface area (TPSA) is 96.7 Å². The van der Waals surface area contributed by atoms with E-state index < -0.39 is 29.6 Å². The third kappa shape index (κ3) is 4.27. The Labute approximate surface area is 165 Å². The van der Waals surface area contributed by atoms with E-state index in [-0.39, 0.29) is 30.1 Å². The summed E-state index contributed by atoms with van der Waals surface area (Å²) in [5, 5.41) is 8.90. The quantitative estimate of drug-likeness (QED) is 0.769. The number of rotatable bonds is 6. The summed E-state index contributed by atoms with van der Waals surface area (Å²) in [6.45, 7) is 3.66. The van der Waals surface area contributed by atoms with Crippen LogP contribution in [0.25, 0.3) is 0 Å². The molecule has 0 saturated heterocycles. The number of aromatic nitrogens is 1. The number of hydrogen-bond donors (Lipinski definition) is 2. The van der Waals surface area contributed by atoms with Crippen LogP contribution in [-0.4, -0.2) is 42.3 Å². The molecule has 0 bridgehead atoms. The van der Waals surface area contributed by atoms with Crippen molar-refractivity contribution in [2.75, 3.05) is 25.6 Å². The van der Waals surface area contributed by atoms with Crippen LogP contribution in [0.3, 0.4) is 0 Å². The minimum Gasteiger partial charge on any atom is -0.383 e. The van der Waals surface area contributed by atoms with Gasteiger partial charge >= 0.3 is 6.03 Å². The van der Waals surface area contributed by atoms with Gasteiger partial charge in [0.05, 0.1) is 24.8 Å². The summed E-state index contributed by atoms with van der Waals surface area (Å²) >= 11 is 0. The lowest BCUT2D eigenvalue weighted by Crippen LogP contribution is -2.49. The van der Waals surface area contributed by atoms with Gasteiger partial charge in [0.1, 0.15) is 17.4 Å². The number of ether oxygens (including phenoxy) is 1. The highest BCUT2D eigenvalue weighted by Crippen LogP contribution is 2.32. The van der Waals surface area contributed by atoms with Crippen LogP contribution in [0, 0.1) is 18.6 Å². The van der Waals surface area contributed by atoms with E-state index in [1.807, 2.05) is 0 Å². The van der Waals surface area contributed by atoms with Gasteiger partial charge in [-0.1, -0.05) is 11.2 Å². The Balaban J connectivity index is 2.04. The van der Waals surface area contributed by atoms with Crippen LogP contribution in [-0.2, 0) is 9.53 Å². The number of nitrogens with one attached hydrogen (secondary N) is 2. The van der Waals surface area contributed by atoms with Gasteiger partial charge < -0.3 is 19.9 Å². The molecule has 2 heterocycles. The molecule has 1 aliphatic heterocycles. The van der Waals surface area contributed by atoms with Crippen molar-refractivity contribution in [3.63, 3.8) is 0 Å². The number of nitrogens with zero attached hydrogens (tertiary/aromatic N) is 2. The highest BCUT2D eigenvalue weighted by atomic mass is 19.1. The number of methoxy groups -OCH3 is 1. The van der Waals surface area contributed by atoms with Gasteiger partial charge in [-0.3, -0.25) is 9.69 Å². The first-order chi connectivity index (χ1) is 13.8. The van der Waals surface area contributed by atoms with Crippen LogP contribution in [0.15, 0.2) is 40.1 Å². The lowest BCUT2D eigenvalue weighted by Gasteiger charge is -2.35. The second-order valence-corrected chi connectivity index (χ2v) is 6.47. The van der Waals surface area contributed by atoms with Gasteiger partial charge in [-0.15, -0.1) is 0 Å². The molecule has 0 aliphatic carbocycles. The standard InChI is InChI=1S/C19H20F2N4O4/c1-10-8-15(24-29-10)22-18(26)16-11(2)25(6-7-28-3)19(27)23-17(16)13-5-4-12(20)9-14(13)21/h4-5,8-9,17H,6-7H2,1-3H3,(H,23,27)(H,22,24,26). The van der Waals surface area contributed by atoms with Crippen molar-refractivity contribution in [1.29, 1.82) is 0 Å². The van der Waals surface area contributed by atoms with Gasteiger partial charge in [0.2, 0.25) is 0 Å². The fourth-order valence-corrected chi connectivity index (χ4v) is 3.11. The maximum atomic E-state index is 14.4. The molecule has 1 unspecified atom stereocenters. The number of urea groups is 1. The molecule has 2 aromatic rings. The zero-order valence-electron chi connectivity index (χ0n) is 16.1. The fraction of sp³-hybridized carbons (Fsp3) is 0.316. The van der Waals surface area contributed by atoms with Crippen LogP contribution < -0.4 is 10.6 Å². The Kier molecular flexibility index (Phi) is 5.92. The van der Waals surface area contributed by atoms with E-state index in [9.17, 15) is 18.4 Å². The van der Waals surface area contributed by atoms with Gasteiger partial charge in [-0.05, 0) is 19.9 Å². The fourth-order valence-electron chi connectivity index (χ4n) is 3.11. The van der Waals surface area contributed by atoms with Crippen molar-refractivity contribution in [1.82, 2.24) is 15.4 Å². The first-order valence-corrected chi connectivity index (χ1v) is 8.79. The van der Waals surface area contributed by atoms with Crippen LogP contribution in [0.4, 0.5) is 19.4 Å². The first-order valence-electron chi connectivity index (χ1n) is 8.79. The zero-order chi connectivity index (χ0) is 21.1. The molecule has 1 atom stereocenters. The second-order valence-electron chi connectivity index (χ2n) is 6.47. The normalized spacial score (nSPS) is 16.8. The number of carbonyl (C=O) groups is 2. The molecular weight excluding hydrogens is 386 g/mol. The molecular formula is C19H20F2N4O4. The van der Waals surface area contributed by atoms with Crippen molar-refractivity contribution in [3.8, 4) is 0 Å². The molecule has 0 radical (unpaired) electrons. The molecule has 1 aromatic carbocycles. The van der Waals surface area contributed by atoms with Gasteiger partial charge in [0.25, 0.3) is 5.91 Å². The van der Waals surface area contributed by atoms with Crippen LogP contribution >= 0.6 is 0 Å². The molecule has 154 valence electrons. The van der Waals surface area contributed by atoms with E-state index in [0.717, 1.165) is 6.07 Å². The highest BCUT2D eigenvalue weighted by molar-refractivity contribution is 6.06. The van der Waals surface area contributed by atoms with Crippen LogP contribution in [0.5, 0.6) is 0 Å². The average Bonchev–Trinajstić information content (AvgIpc) is 3.05. The largest absolute Gasteiger partial charge is 0.383 e. The smallest absolute Gasteiger partial charge is 0.322 e. The van der Waals surface area contributed by atoms with E-state index in [1.165, 1.54) is 24.1 Å². The maximum absolute atomic E-state index is 14.4. The van der Waals surface area contributed by atoms with Crippen molar-refractivity contribution in [3.05, 3.63) is 58.5 Å². The third-order valence-corrected chi connectivity index (χ3v) is 4.50. The average molecular weight is 406 g/mol. The highest BCUT2D eigenvalue weighted by Gasteiger charge is 2.37. The summed E-state index contributed by atoms with van der Waals surface area (Å²) < 4.78 is 37.8. The molecule has 0 spiro atoms. The minimum absolute atomic E-state index is 0.0352. The number of hydrogen-bond acceptors (Lipinski definition) is 5. The van der Waals surface area contributed by atoms with E-state index in [2.05, 4.69) is 15.8 Å². The summed E-state index contributed by atoms with van der Waals surface area (Å²) in [5.41, 5.74) is 0.371. The SMILES string of the molecule is COCCN1C(=O)NC(c2ccc(F)cc2F)C(C(=O)Nc2cc(C)on2)=C1C. The molecule has 1 aromatic heterocycles. The molecule has 10 heteroatoms. The van der Waals surface area contributed by atoms with E-state index in [4.69, 9.17) is 9.26 Å². The number of allylic oxidation sites excluding steroid dienone is 1. The van der Waals surface area contributed by atoms with Crippen LogP contribution in [0.1, 0.15) is 24.3 Å². The predicted molar refractivity (Wildman–Crippen MR) is 98.8 cm³/mol. The van der Waals surface area contributed by atoms with Crippen molar-refractivity contribution < 1.29 is 27.6 Å². The lowest BCUT2D eigenvalue weighted by atomic mass is 9.93. The molecule has 3 amide bonds. The lowest BCUT2D eigenvalue weighted by molar-refractivity contribution is -0.113. The minimum atomic E-state index is -1.12. The molecule has 29 heavy (non-hydrogen) atoms. The van der Waals surface area contributed by atoms with Gasteiger partial charge in [0, 0.05) is 30.5 Å². The number of benzene rings is 1. The van der Waals surface area contributed by atoms with Crippen molar-refractivity contribution in [2.45, 2.75) is 19.9 Å². The Bertz CT molecular complexity index is 973. The number of aryl methyl sites for hydroxylation is 1. The summed E-state index contributed by atoms with van der Waals surface area (Å²) in [5.74, 6) is -1.58. The summed E-state index contributed by atoms with van der Waals surface area (Å²) in [4.78, 5) is 26.9. The monoisotopic (exact) mass is 406 g/mol. The molecule has 2 N–H and O–H groups in total. The number of carbonyl (C=O) groups excluding carboxylic acids is 2. The summed E-state index contributed by atoms with van der Waals surface area (Å²) in [7, 11) is 1.48. The van der Waals surface area contributed by atoms with Crippen molar-refractivity contribution >= 4 is 17.8 Å². The second kappa shape index (κ2) is 8.39. The van der Waals surface area contributed by atoms with Crippen molar-refractivity contribution in [2.24, 2.45) is 0 Å².